The van der Waals surface area contributed by atoms with Gasteiger partial charge in [-0.1, -0.05) is 65.6 Å². The number of allylic oxidation sites excluding steroid dienone is 2. The molecule has 1 aromatic rings. The van der Waals surface area contributed by atoms with E-state index in [0.717, 1.165) is 75.5 Å². The monoisotopic (exact) mass is 776 g/mol. The molecule has 0 saturated heterocycles. The SMILES string of the molecule is CC(C)C1=C2[C@H]3CC[C@@H]4[C@@]5(C)CC[C@H](OC(=O)CC(C)(C)C(=O)O)C(C)(C)[C@@H]5CC[C@@]4(C)[C@]3(C)CCC2(CCC(=O)NC2(c3ccc(Cl)cn3)CC2)CC1=O. The number of fused-ring (bicyclic) bond motifs is 7. The normalized spacial score (nSPS) is 37.3. The molecular weight excluding hydrogens is 712 g/mol. The number of carbonyl (C=O) groups is 4. The Hall–Kier alpha value is -2.74. The number of carboxylic acids is 1. The fourth-order valence-corrected chi connectivity index (χ4v) is 13.9. The van der Waals surface area contributed by atoms with E-state index in [1.54, 1.807) is 20.0 Å². The molecule has 5 fully saturated rings. The van der Waals surface area contributed by atoms with E-state index < -0.39 is 22.9 Å². The largest absolute Gasteiger partial charge is 0.481 e. The standard InChI is InChI=1S/C46H65ClN2O6/c1-27(2)37-30(50)24-45(19-16-35(51)49-46(22-23-46)33-13-10-28(47)26-48-33)21-20-43(8)29(38(37)45)11-12-32-42(7)17-15-34(55-36(52)25-40(3,4)39(53)54)41(5,6)31(42)14-18-44(32,43)9/h10,13,26-27,29,31-32,34H,11-12,14-25H2,1-9H3,(H,49,51)(H,53,54)/t29-,31+,32-,34+,42+,43-,44-,45?/m1/s1. The number of aromatic nitrogens is 1. The molecule has 5 saturated carbocycles. The Balaban J connectivity index is 1.12. The number of rotatable bonds is 10. The van der Waals surface area contributed by atoms with Crippen molar-refractivity contribution in [1.29, 1.82) is 0 Å². The first-order valence-electron chi connectivity index (χ1n) is 21.2. The molecule has 1 heterocycles. The van der Waals surface area contributed by atoms with E-state index >= 15 is 0 Å². The Morgan fingerprint density at radius 2 is 1.65 bits per heavy atom. The van der Waals surface area contributed by atoms with Crippen LogP contribution in [0, 0.1) is 56.2 Å². The van der Waals surface area contributed by atoms with Gasteiger partial charge in [0.05, 0.1) is 28.1 Å². The first-order valence-corrected chi connectivity index (χ1v) is 21.6. The number of nitrogens with one attached hydrogen (secondary N) is 1. The Kier molecular flexibility index (Phi) is 9.86. The van der Waals surface area contributed by atoms with Gasteiger partial charge >= 0.3 is 11.9 Å². The van der Waals surface area contributed by atoms with Crippen LogP contribution in [0.1, 0.15) is 158 Å². The van der Waals surface area contributed by atoms with Crippen LogP contribution >= 0.6 is 11.6 Å². The predicted molar refractivity (Wildman–Crippen MR) is 213 cm³/mol. The Bertz CT molecular complexity index is 1790. The molecule has 9 heteroatoms. The average Bonchev–Trinajstić information content (AvgIpc) is 3.80. The van der Waals surface area contributed by atoms with Gasteiger partial charge in [0.2, 0.25) is 5.91 Å². The Morgan fingerprint density at radius 1 is 0.945 bits per heavy atom. The number of carbonyl (C=O) groups excluding carboxylic acids is 3. The third kappa shape index (κ3) is 6.32. The summed E-state index contributed by atoms with van der Waals surface area (Å²) in [5, 5.41) is 13.5. The van der Waals surface area contributed by atoms with Crippen molar-refractivity contribution in [2.75, 3.05) is 0 Å². The number of esters is 1. The van der Waals surface area contributed by atoms with E-state index in [2.05, 4.69) is 58.8 Å². The molecule has 1 unspecified atom stereocenters. The van der Waals surface area contributed by atoms with Crippen molar-refractivity contribution < 1.29 is 29.0 Å². The molecule has 8 nitrogen and oxygen atoms in total. The lowest BCUT2D eigenvalue weighted by Crippen LogP contribution is -2.65. The molecule has 0 radical (unpaired) electrons. The maximum atomic E-state index is 14.1. The van der Waals surface area contributed by atoms with Crippen LogP contribution in [0.3, 0.4) is 0 Å². The summed E-state index contributed by atoms with van der Waals surface area (Å²) in [6, 6.07) is 3.75. The summed E-state index contributed by atoms with van der Waals surface area (Å²) in [6.45, 7) is 19.7. The van der Waals surface area contributed by atoms with E-state index in [1.165, 1.54) is 5.57 Å². The second-order valence-corrected chi connectivity index (χ2v) is 21.6. The molecule has 8 atom stereocenters. The van der Waals surface area contributed by atoms with E-state index in [0.29, 0.717) is 47.8 Å². The maximum Gasteiger partial charge on any atom is 0.309 e. The molecule has 6 aliphatic carbocycles. The molecule has 7 rings (SSSR count). The molecule has 0 bridgehead atoms. The number of nitrogens with zero attached hydrogens (tertiary/aromatic N) is 1. The number of hydrogen-bond donors (Lipinski definition) is 2. The van der Waals surface area contributed by atoms with Gasteiger partial charge in [0, 0.05) is 24.5 Å². The fraction of sp³-hybridized carbons (Fsp3) is 0.761. The van der Waals surface area contributed by atoms with Crippen molar-refractivity contribution >= 4 is 35.2 Å². The van der Waals surface area contributed by atoms with Crippen molar-refractivity contribution in [2.24, 2.45) is 56.2 Å². The summed E-state index contributed by atoms with van der Waals surface area (Å²) in [5.41, 5.74) is 1.39. The molecule has 2 N–H and O–H groups in total. The van der Waals surface area contributed by atoms with Crippen molar-refractivity contribution in [1.82, 2.24) is 10.3 Å². The minimum atomic E-state index is -1.17. The number of halogens is 1. The van der Waals surface area contributed by atoms with E-state index in [4.69, 9.17) is 16.3 Å². The van der Waals surface area contributed by atoms with Crippen LogP contribution in [0.2, 0.25) is 5.02 Å². The summed E-state index contributed by atoms with van der Waals surface area (Å²) in [4.78, 5) is 57.2. The highest BCUT2D eigenvalue weighted by Gasteiger charge is 2.70. The molecule has 0 aliphatic heterocycles. The first kappa shape index (κ1) is 40.5. The molecule has 0 spiro atoms. The summed E-state index contributed by atoms with van der Waals surface area (Å²) >= 11 is 6.11. The molecule has 302 valence electrons. The van der Waals surface area contributed by atoms with Crippen LogP contribution in [-0.2, 0) is 29.5 Å². The molecule has 1 aromatic heterocycles. The molecule has 1 amide bonds. The minimum Gasteiger partial charge on any atom is -0.481 e. The quantitative estimate of drug-likeness (QED) is 0.227. The smallest absolute Gasteiger partial charge is 0.309 e. The molecular formula is C46H65ClN2O6. The summed E-state index contributed by atoms with van der Waals surface area (Å²) in [6.07, 6.45) is 12.7. The lowest BCUT2D eigenvalue weighted by molar-refractivity contribution is -0.233. The number of ether oxygens (including phenoxy) is 1. The summed E-state index contributed by atoms with van der Waals surface area (Å²) in [7, 11) is 0. The second-order valence-electron chi connectivity index (χ2n) is 21.2. The third-order valence-corrected chi connectivity index (χ3v) is 17.4. The zero-order chi connectivity index (χ0) is 40.1. The zero-order valence-electron chi connectivity index (χ0n) is 34.8. The van der Waals surface area contributed by atoms with Gasteiger partial charge < -0.3 is 15.2 Å². The van der Waals surface area contributed by atoms with Gasteiger partial charge in [-0.2, -0.15) is 0 Å². The molecule has 0 aromatic carbocycles. The highest BCUT2D eigenvalue weighted by molar-refractivity contribution is 6.30. The van der Waals surface area contributed by atoms with Crippen LogP contribution in [0.5, 0.6) is 0 Å². The first-order chi connectivity index (χ1) is 25.6. The van der Waals surface area contributed by atoms with Crippen LogP contribution in [0.4, 0.5) is 0 Å². The van der Waals surface area contributed by atoms with Crippen LogP contribution in [0.25, 0.3) is 0 Å². The lowest BCUT2D eigenvalue weighted by atomic mass is 9.33. The van der Waals surface area contributed by atoms with Gasteiger partial charge in [-0.15, -0.1) is 0 Å². The second kappa shape index (κ2) is 13.4. The number of hydrogen-bond acceptors (Lipinski definition) is 6. The minimum absolute atomic E-state index is 0.0178. The number of aliphatic carboxylic acids is 1. The highest BCUT2D eigenvalue weighted by Crippen LogP contribution is 2.77. The van der Waals surface area contributed by atoms with E-state index in [-0.39, 0.29) is 51.4 Å². The maximum absolute atomic E-state index is 14.1. The van der Waals surface area contributed by atoms with E-state index in [1.807, 2.05) is 12.1 Å². The Labute approximate surface area is 333 Å². The average molecular weight is 777 g/mol. The van der Waals surface area contributed by atoms with Gasteiger partial charge in [-0.3, -0.25) is 24.2 Å². The van der Waals surface area contributed by atoms with Crippen molar-refractivity contribution in [3.05, 3.63) is 40.2 Å². The number of Topliss-reactive ketones (excluding diaryl/α,β-unsaturated/α-hetero) is 1. The number of pyridine rings is 1. The number of amides is 1. The predicted octanol–water partition coefficient (Wildman–Crippen LogP) is 10.0. The van der Waals surface area contributed by atoms with Crippen LogP contribution in [0.15, 0.2) is 29.5 Å². The summed E-state index contributed by atoms with van der Waals surface area (Å²) in [5.74, 6) is 0.244. The van der Waals surface area contributed by atoms with Gasteiger partial charge in [0.25, 0.3) is 0 Å². The van der Waals surface area contributed by atoms with Gasteiger partial charge in [0.1, 0.15) is 6.10 Å². The Morgan fingerprint density at radius 3 is 2.27 bits per heavy atom. The van der Waals surface area contributed by atoms with Gasteiger partial charge in [-0.05, 0) is 148 Å². The van der Waals surface area contributed by atoms with Crippen LogP contribution in [-0.4, -0.2) is 39.8 Å². The van der Waals surface area contributed by atoms with Crippen molar-refractivity contribution in [3.8, 4) is 0 Å². The molecule has 6 aliphatic rings. The van der Waals surface area contributed by atoms with E-state index in [9.17, 15) is 24.3 Å². The van der Waals surface area contributed by atoms with Crippen LogP contribution < -0.4 is 5.32 Å². The fourth-order valence-electron chi connectivity index (χ4n) is 13.8. The van der Waals surface area contributed by atoms with Gasteiger partial charge in [0.15, 0.2) is 5.78 Å². The highest BCUT2D eigenvalue weighted by atomic mass is 35.5. The summed E-state index contributed by atoms with van der Waals surface area (Å²) < 4.78 is 6.18. The van der Waals surface area contributed by atoms with Crippen molar-refractivity contribution in [2.45, 2.75) is 164 Å². The third-order valence-electron chi connectivity index (χ3n) is 17.1. The van der Waals surface area contributed by atoms with Gasteiger partial charge in [-0.25, -0.2) is 0 Å². The number of ketones is 1. The zero-order valence-corrected chi connectivity index (χ0v) is 35.6. The lowest BCUT2D eigenvalue weighted by Gasteiger charge is -2.72. The van der Waals surface area contributed by atoms with Crippen molar-refractivity contribution in [3.63, 3.8) is 0 Å². The number of carboxylic acid groups (broad SMARTS) is 1. The topological polar surface area (TPSA) is 123 Å². The molecule has 55 heavy (non-hydrogen) atoms.